The Morgan fingerprint density at radius 1 is 1.12 bits per heavy atom. The summed E-state index contributed by atoms with van der Waals surface area (Å²) in [7, 11) is 0. The summed E-state index contributed by atoms with van der Waals surface area (Å²) in [5.41, 5.74) is 1.09. The van der Waals surface area contributed by atoms with Crippen LogP contribution in [0.15, 0.2) is 56.8 Å². The monoisotopic (exact) mass is 460 g/mol. The maximum absolute atomic E-state index is 13.4. The summed E-state index contributed by atoms with van der Waals surface area (Å²) in [5.74, 6) is -0.539. The molecule has 4 aromatic rings. The number of aromatic amines is 2. The van der Waals surface area contributed by atoms with Crippen molar-refractivity contribution < 1.29 is 4.79 Å². The lowest BCUT2D eigenvalue weighted by Gasteiger charge is -2.15. The second-order valence-corrected chi connectivity index (χ2v) is 8.20. The Hall–Kier alpha value is -4.34. The van der Waals surface area contributed by atoms with E-state index in [0.717, 1.165) is 0 Å². The molecule has 10 nitrogen and oxygen atoms in total. The van der Waals surface area contributed by atoms with E-state index in [-0.39, 0.29) is 28.1 Å². The van der Waals surface area contributed by atoms with Gasteiger partial charge in [-0.2, -0.15) is 5.10 Å². The zero-order chi connectivity index (χ0) is 24.4. The van der Waals surface area contributed by atoms with Crippen molar-refractivity contribution in [3.8, 4) is 11.3 Å². The maximum atomic E-state index is 13.4. The predicted octanol–water partition coefficient (Wildman–Crippen LogP) is 2.62. The molecule has 0 unspecified atom stereocenters. The summed E-state index contributed by atoms with van der Waals surface area (Å²) in [6, 6.07) is 11.5. The second kappa shape index (κ2) is 9.26. The Labute approximate surface area is 193 Å². The number of hydrogen-bond acceptors (Lipinski definition) is 6. The summed E-state index contributed by atoms with van der Waals surface area (Å²) in [5, 5.41) is 9.28. The molecule has 0 saturated heterocycles. The minimum absolute atomic E-state index is 0.0324. The average molecular weight is 460 g/mol. The number of hydrogen-bond donors (Lipinski definition) is 3. The first kappa shape index (κ1) is 22.8. The number of carbonyl (C=O) groups is 1. The van der Waals surface area contributed by atoms with Gasteiger partial charge >= 0.3 is 5.69 Å². The van der Waals surface area contributed by atoms with E-state index in [1.165, 1.54) is 10.6 Å². The van der Waals surface area contributed by atoms with E-state index in [9.17, 15) is 19.2 Å². The molecule has 3 heterocycles. The Kier molecular flexibility index (Phi) is 6.22. The summed E-state index contributed by atoms with van der Waals surface area (Å²) in [6.07, 6.45) is 0.655. The molecular weight excluding hydrogens is 436 g/mol. The van der Waals surface area contributed by atoms with E-state index in [1.807, 2.05) is 20.8 Å². The van der Waals surface area contributed by atoms with Crippen molar-refractivity contribution in [1.29, 1.82) is 0 Å². The number of anilines is 1. The van der Waals surface area contributed by atoms with Crippen LogP contribution in [0.25, 0.3) is 22.3 Å². The van der Waals surface area contributed by atoms with Gasteiger partial charge in [0.25, 0.3) is 17.0 Å². The highest BCUT2D eigenvalue weighted by Gasteiger charge is 2.20. The highest BCUT2D eigenvalue weighted by Crippen LogP contribution is 2.23. The van der Waals surface area contributed by atoms with Crippen LogP contribution < -0.4 is 22.1 Å². The molecule has 174 valence electrons. The lowest BCUT2D eigenvalue weighted by molar-refractivity contribution is 0.102. The smallest absolute Gasteiger partial charge is 0.322 e. The molecule has 3 aromatic heterocycles. The first-order chi connectivity index (χ1) is 16.3. The maximum Gasteiger partial charge on any atom is 0.329 e. The summed E-state index contributed by atoms with van der Waals surface area (Å²) < 4.78 is 1.39. The molecule has 0 radical (unpaired) electrons. The van der Waals surface area contributed by atoms with Gasteiger partial charge < -0.3 is 5.32 Å². The molecular formula is C24H24N6O4. The van der Waals surface area contributed by atoms with Crippen LogP contribution in [-0.2, 0) is 6.54 Å². The van der Waals surface area contributed by atoms with Crippen LogP contribution in [0.5, 0.6) is 0 Å². The molecule has 4 rings (SSSR count). The first-order valence-electron chi connectivity index (χ1n) is 10.9. The number of nitrogens with one attached hydrogen (secondary N) is 3. The molecule has 0 aliphatic heterocycles. The van der Waals surface area contributed by atoms with Crippen molar-refractivity contribution in [1.82, 2.24) is 24.7 Å². The number of aromatic nitrogens is 5. The molecule has 0 aliphatic carbocycles. The number of H-pyrrole nitrogens is 2. The fourth-order valence-corrected chi connectivity index (χ4v) is 3.66. The minimum Gasteiger partial charge on any atom is -0.322 e. The van der Waals surface area contributed by atoms with Crippen LogP contribution in [0.4, 0.5) is 5.69 Å². The van der Waals surface area contributed by atoms with Gasteiger partial charge in [0.15, 0.2) is 5.65 Å². The van der Waals surface area contributed by atoms with Gasteiger partial charge in [0.1, 0.15) is 0 Å². The number of pyridine rings is 1. The molecule has 34 heavy (non-hydrogen) atoms. The van der Waals surface area contributed by atoms with Crippen molar-refractivity contribution in [2.24, 2.45) is 0 Å². The van der Waals surface area contributed by atoms with Gasteiger partial charge in [-0.15, -0.1) is 0 Å². The van der Waals surface area contributed by atoms with Crippen LogP contribution >= 0.6 is 0 Å². The largest absolute Gasteiger partial charge is 0.329 e. The van der Waals surface area contributed by atoms with E-state index in [0.29, 0.717) is 35.6 Å². The van der Waals surface area contributed by atoms with Gasteiger partial charge in [-0.3, -0.25) is 23.9 Å². The van der Waals surface area contributed by atoms with E-state index < -0.39 is 17.2 Å². The zero-order valence-electron chi connectivity index (χ0n) is 19.0. The van der Waals surface area contributed by atoms with Crippen LogP contribution in [0.1, 0.15) is 49.2 Å². The Bertz CT molecular complexity index is 1540. The number of amides is 1. The third-order valence-electron chi connectivity index (χ3n) is 5.35. The summed E-state index contributed by atoms with van der Waals surface area (Å²) >= 11 is 0. The quantitative estimate of drug-likeness (QED) is 0.404. The third-order valence-corrected chi connectivity index (χ3v) is 5.35. The van der Waals surface area contributed by atoms with Crippen LogP contribution in [0, 0.1) is 0 Å². The number of benzene rings is 1. The Morgan fingerprint density at radius 3 is 2.59 bits per heavy atom. The van der Waals surface area contributed by atoms with E-state index in [1.54, 1.807) is 36.4 Å². The van der Waals surface area contributed by atoms with E-state index >= 15 is 0 Å². The highest BCUT2D eigenvalue weighted by molar-refractivity contribution is 6.12. The molecule has 0 atom stereocenters. The van der Waals surface area contributed by atoms with Crippen molar-refractivity contribution >= 4 is 22.6 Å². The Morgan fingerprint density at radius 2 is 1.91 bits per heavy atom. The van der Waals surface area contributed by atoms with E-state index in [4.69, 9.17) is 0 Å². The summed E-state index contributed by atoms with van der Waals surface area (Å²) in [6.45, 7) is 6.11. The van der Waals surface area contributed by atoms with E-state index in [2.05, 4.69) is 25.5 Å². The molecule has 0 spiro atoms. The van der Waals surface area contributed by atoms with Crippen LogP contribution in [0.2, 0.25) is 0 Å². The predicted molar refractivity (Wildman–Crippen MR) is 129 cm³/mol. The molecule has 0 bridgehead atoms. The number of carbonyl (C=O) groups excluding carboxylic acids is 1. The SMILES string of the molecule is CCCn1c(=O)[nH]c(=O)c2c(C(=O)Nc3cccc(-c4ccc(=O)[nH]n4)c3)cc(C(C)C)nc21. The fraction of sp³-hybridized carbons (Fsp3) is 0.250. The molecule has 1 amide bonds. The van der Waals surface area contributed by atoms with Crippen LogP contribution in [0.3, 0.4) is 0 Å². The van der Waals surface area contributed by atoms with Crippen molar-refractivity contribution in [3.63, 3.8) is 0 Å². The molecule has 0 aliphatic rings. The third kappa shape index (κ3) is 4.42. The highest BCUT2D eigenvalue weighted by atomic mass is 16.2. The summed E-state index contributed by atoms with van der Waals surface area (Å²) in [4.78, 5) is 56.7. The van der Waals surface area contributed by atoms with Gasteiger partial charge in [0.05, 0.1) is 16.6 Å². The average Bonchev–Trinajstić information content (AvgIpc) is 2.81. The lowest BCUT2D eigenvalue weighted by atomic mass is 10.0. The standard InChI is InChI=1S/C24H24N6O4/c1-4-10-30-21-20(23(33)27-24(30)34)16(12-18(26-21)13(2)3)22(32)25-15-7-5-6-14(11-15)17-8-9-19(31)29-28-17/h5-9,11-13H,4,10H2,1-3H3,(H,25,32)(H,29,31)(H,27,33,34). The minimum atomic E-state index is -0.661. The molecule has 1 aromatic carbocycles. The molecule has 3 N–H and O–H groups in total. The topological polar surface area (TPSA) is 143 Å². The molecule has 0 fully saturated rings. The first-order valence-corrected chi connectivity index (χ1v) is 10.9. The van der Waals surface area contributed by atoms with Crippen molar-refractivity contribution in [3.05, 3.63) is 84.9 Å². The van der Waals surface area contributed by atoms with Gasteiger partial charge in [0, 0.05) is 29.6 Å². The van der Waals surface area contributed by atoms with Gasteiger partial charge in [-0.05, 0) is 36.6 Å². The number of aryl methyl sites for hydroxylation is 1. The second-order valence-electron chi connectivity index (χ2n) is 8.20. The normalized spacial score (nSPS) is 11.2. The number of rotatable bonds is 6. The van der Waals surface area contributed by atoms with Crippen molar-refractivity contribution in [2.45, 2.75) is 39.7 Å². The van der Waals surface area contributed by atoms with Crippen LogP contribution in [-0.4, -0.2) is 30.6 Å². The zero-order valence-corrected chi connectivity index (χ0v) is 19.0. The van der Waals surface area contributed by atoms with Crippen molar-refractivity contribution in [2.75, 3.05) is 5.32 Å². The van der Waals surface area contributed by atoms with Gasteiger partial charge in [-0.25, -0.2) is 14.9 Å². The van der Waals surface area contributed by atoms with Gasteiger partial charge in [-0.1, -0.05) is 32.9 Å². The lowest BCUT2D eigenvalue weighted by Crippen LogP contribution is -2.32. The molecule has 10 heteroatoms. The number of fused-ring (bicyclic) bond motifs is 1. The Balaban J connectivity index is 1.81. The number of nitrogens with zero attached hydrogens (tertiary/aromatic N) is 3. The fourth-order valence-electron chi connectivity index (χ4n) is 3.66. The molecule has 0 saturated carbocycles. The van der Waals surface area contributed by atoms with Gasteiger partial charge in [0.2, 0.25) is 0 Å².